The molecule has 0 saturated heterocycles. The minimum absolute atomic E-state index is 0.231. The highest BCUT2D eigenvalue weighted by Gasteiger charge is 2.11. The zero-order chi connectivity index (χ0) is 6.73. The molecule has 0 fully saturated rings. The van der Waals surface area contributed by atoms with Crippen molar-refractivity contribution in [1.82, 2.24) is 0 Å². The quantitative estimate of drug-likeness (QED) is 0.432. The number of hydrogen-bond donors (Lipinski definition) is 0. The van der Waals surface area contributed by atoms with Crippen LogP contribution in [0.3, 0.4) is 0 Å². The molecule has 8 heavy (non-hydrogen) atoms. The average molecular weight is 99.4 g/mol. The SMILES string of the molecule is [B]B([B])B(C)C(=C)C. The van der Waals surface area contributed by atoms with E-state index in [1.54, 1.807) is 0 Å². The van der Waals surface area contributed by atoms with Crippen LogP contribution < -0.4 is 0 Å². The molecule has 0 saturated carbocycles. The summed E-state index contributed by atoms with van der Waals surface area (Å²) in [6, 6.07) is 0. The first-order chi connectivity index (χ1) is 3.55. The summed E-state index contributed by atoms with van der Waals surface area (Å²) < 4.78 is 0. The first-order valence-electron chi connectivity index (χ1n) is 2.72. The summed E-state index contributed by atoms with van der Waals surface area (Å²) >= 11 is 0. The van der Waals surface area contributed by atoms with Gasteiger partial charge in [0, 0.05) is 21.9 Å². The lowest BCUT2D eigenvalue weighted by molar-refractivity contribution is 1.68. The van der Waals surface area contributed by atoms with E-state index in [0.29, 0.717) is 0 Å². The Kier molecular flexibility index (Phi) is 3.11. The fraction of sp³-hybridized carbons (Fsp3) is 0.500. The van der Waals surface area contributed by atoms with Gasteiger partial charge in [-0.2, -0.15) is 0 Å². The molecule has 0 heterocycles. The van der Waals surface area contributed by atoms with Crippen LogP contribution in [0.25, 0.3) is 0 Å². The van der Waals surface area contributed by atoms with Crippen molar-refractivity contribution in [2.24, 2.45) is 0 Å². The Balaban J connectivity index is 3.64. The second-order valence-electron chi connectivity index (χ2n) is 2.21. The molecule has 0 unspecified atom stereocenters. The molecule has 0 atom stereocenters. The van der Waals surface area contributed by atoms with E-state index in [-0.39, 0.29) is 13.0 Å². The lowest BCUT2D eigenvalue weighted by Gasteiger charge is -2.08. The highest BCUT2D eigenvalue weighted by atomic mass is 13.6. The zero-order valence-electron chi connectivity index (χ0n) is 5.52. The topological polar surface area (TPSA) is 0 Å². The van der Waals surface area contributed by atoms with Crippen molar-refractivity contribution in [3.8, 4) is 0 Å². The molecule has 0 aliphatic rings. The first kappa shape index (κ1) is 8.00. The molecular formula is C4H8B4. The normalized spacial score (nSPS) is 8.25. The van der Waals surface area contributed by atoms with Crippen LogP contribution in [0, 0.1) is 0 Å². The van der Waals surface area contributed by atoms with Crippen molar-refractivity contribution in [3.05, 3.63) is 12.1 Å². The fourth-order valence-corrected chi connectivity index (χ4v) is 0.329. The van der Waals surface area contributed by atoms with Gasteiger partial charge in [-0.1, -0.05) is 13.7 Å². The molecule has 4 radical (unpaired) electrons. The Morgan fingerprint density at radius 1 is 1.50 bits per heavy atom. The third-order valence-corrected chi connectivity index (χ3v) is 1.35. The first-order valence-corrected chi connectivity index (χ1v) is 2.72. The van der Waals surface area contributed by atoms with Crippen LogP contribution in [0.1, 0.15) is 6.92 Å². The summed E-state index contributed by atoms with van der Waals surface area (Å²) in [4.78, 5) is 0. The predicted octanol–water partition coefficient (Wildman–Crippen LogP) is 0.130. The Labute approximate surface area is 55.0 Å². The van der Waals surface area contributed by atoms with Gasteiger partial charge in [-0.05, 0) is 0 Å². The molecule has 0 aromatic carbocycles. The second kappa shape index (κ2) is 3.11. The largest absolute Gasteiger partial charge is 0.121 e. The molecule has 0 spiro atoms. The maximum absolute atomic E-state index is 5.35. The van der Waals surface area contributed by atoms with Crippen molar-refractivity contribution in [1.29, 1.82) is 0 Å². The predicted molar refractivity (Wildman–Crippen MR) is 43.7 cm³/mol. The summed E-state index contributed by atoms with van der Waals surface area (Å²) in [5.74, 6) is 0. The highest BCUT2D eigenvalue weighted by molar-refractivity contribution is 7.59. The molecular weight excluding hydrogens is 91.3 g/mol. The van der Waals surface area contributed by atoms with Crippen molar-refractivity contribution < 1.29 is 0 Å². The van der Waals surface area contributed by atoms with Gasteiger partial charge < -0.3 is 0 Å². The Bertz CT molecular complexity index is 88.0. The lowest BCUT2D eigenvalue weighted by atomic mass is 8.92. The Morgan fingerprint density at radius 2 is 1.88 bits per heavy atom. The summed E-state index contributed by atoms with van der Waals surface area (Å²) in [6.45, 7) is 7.84. The van der Waals surface area contributed by atoms with Gasteiger partial charge in [-0.3, -0.25) is 0 Å². The maximum atomic E-state index is 5.35. The average Bonchev–Trinajstić information content (AvgIpc) is 1.64. The molecule has 0 bridgehead atoms. The van der Waals surface area contributed by atoms with Crippen LogP contribution in [0.5, 0.6) is 0 Å². The summed E-state index contributed by atoms with van der Waals surface area (Å²) in [5, 5.41) is 0. The van der Waals surface area contributed by atoms with Crippen molar-refractivity contribution >= 4 is 28.5 Å². The van der Waals surface area contributed by atoms with Crippen molar-refractivity contribution in [2.75, 3.05) is 0 Å². The molecule has 0 aromatic heterocycles. The number of rotatable bonds is 2. The number of hydrogen-bond acceptors (Lipinski definition) is 0. The van der Waals surface area contributed by atoms with E-state index >= 15 is 0 Å². The minimum Gasteiger partial charge on any atom is -0.121 e. The molecule has 4 heteroatoms. The third-order valence-electron chi connectivity index (χ3n) is 1.35. The van der Waals surface area contributed by atoms with Crippen LogP contribution in [-0.4, -0.2) is 28.5 Å². The zero-order valence-corrected chi connectivity index (χ0v) is 5.52. The monoisotopic (exact) mass is 100 g/mol. The van der Waals surface area contributed by atoms with Crippen LogP contribution in [0.2, 0.25) is 6.82 Å². The van der Waals surface area contributed by atoms with Gasteiger partial charge in [0.05, 0.1) is 0 Å². The van der Waals surface area contributed by atoms with E-state index in [2.05, 4.69) is 6.58 Å². The van der Waals surface area contributed by atoms with E-state index in [1.165, 1.54) is 0 Å². The molecule has 0 rings (SSSR count). The molecule has 0 amide bonds. The van der Waals surface area contributed by atoms with Gasteiger partial charge in [-0.25, -0.2) is 0 Å². The summed E-state index contributed by atoms with van der Waals surface area (Å²) in [7, 11) is 10.7. The summed E-state index contributed by atoms with van der Waals surface area (Å²) in [5.41, 5.74) is 1.04. The Morgan fingerprint density at radius 3 is 1.88 bits per heavy atom. The maximum Gasteiger partial charge on any atom is 0.117 e. The molecule has 36 valence electrons. The van der Waals surface area contributed by atoms with E-state index < -0.39 is 0 Å². The minimum atomic E-state index is -0.257. The van der Waals surface area contributed by atoms with Gasteiger partial charge in [0.1, 0.15) is 6.60 Å². The standard InChI is InChI=1S/C4H8B4/c1-4(2)7(3)8(5)6/h1H2,2-3H3. The summed E-state index contributed by atoms with van der Waals surface area (Å²) in [6.07, 6.45) is -0.257. The molecule has 0 aliphatic heterocycles. The van der Waals surface area contributed by atoms with Gasteiger partial charge >= 0.3 is 0 Å². The van der Waals surface area contributed by atoms with Crippen molar-refractivity contribution in [2.45, 2.75) is 13.7 Å². The van der Waals surface area contributed by atoms with Gasteiger partial charge in [0.15, 0.2) is 0 Å². The van der Waals surface area contributed by atoms with Crippen LogP contribution in [0.4, 0.5) is 0 Å². The van der Waals surface area contributed by atoms with Gasteiger partial charge in [0.25, 0.3) is 0 Å². The number of allylic oxidation sites excluding steroid dienone is 1. The smallest absolute Gasteiger partial charge is 0.117 e. The van der Waals surface area contributed by atoms with E-state index in [9.17, 15) is 0 Å². The van der Waals surface area contributed by atoms with E-state index in [1.807, 2.05) is 13.7 Å². The molecule has 0 aliphatic carbocycles. The second-order valence-corrected chi connectivity index (χ2v) is 2.21. The van der Waals surface area contributed by atoms with E-state index in [0.717, 1.165) is 5.47 Å². The Hall–Kier alpha value is -0.000260. The van der Waals surface area contributed by atoms with Crippen LogP contribution >= 0.6 is 0 Å². The van der Waals surface area contributed by atoms with Crippen molar-refractivity contribution in [3.63, 3.8) is 0 Å². The van der Waals surface area contributed by atoms with Crippen LogP contribution in [-0.2, 0) is 0 Å². The highest BCUT2D eigenvalue weighted by Crippen LogP contribution is 1.94. The van der Waals surface area contributed by atoms with Gasteiger partial charge in [-0.15, -0.1) is 12.1 Å². The third kappa shape index (κ3) is 2.34. The fourth-order valence-electron chi connectivity index (χ4n) is 0.329. The van der Waals surface area contributed by atoms with E-state index in [4.69, 9.17) is 15.5 Å². The molecule has 0 aromatic rings. The molecule has 0 N–H and O–H groups in total. The lowest BCUT2D eigenvalue weighted by Crippen LogP contribution is -2.35. The van der Waals surface area contributed by atoms with Gasteiger partial charge in [0.2, 0.25) is 0 Å². The van der Waals surface area contributed by atoms with Crippen LogP contribution in [0.15, 0.2) is 12.1 Å². The molecule has 0 nitrogen and oxygen atoms in total.